The van der Waals surface area contributed by atoms with E-state index in [2.05, 4.69) is 16.8 Å². The van der Waals surface area contributed by atoms with Crippen LogP contribution in [0.1, 0.15) is 34.6 Å². The molecule has 0 unspecified atom stereocenters. The second kappa shape index (κ2) is 6.66. The van der Waals surface area contributed by atoms with Gasteiger partial charge < -0.3 is 18.9 Å². The van der Waals surface area contributed by atoms with Crippen LogP contribution in [0.5, 0.6) is 0 Å². The Morgan fingerprint density at radius 3 is 2.41 bits per heavy atom. The van der Waals surface area contributed by atoms with Crippen LogP contribution in [-0.4, -0.2) is 72.7 Å². The van der Waals surface area contributed by atoms with Gasteiger partial charge in [0.1, 0.15) is 5.82 Å². The second-order valence-corrected chi connectivity index (χ2v) is 10.6. The highest BCUT2D eigenvalue weighted by atomic mass is 32.2. The van der Waals surface area contributed by atoms with Crippen LogP contribution in [-0.2, 0) is 24.1 Å². The number of hydrogen-bond acceptors (Lipinski definition) is 8. The molecule has 2 aliphatic heterocycles. The normalized spacial score (nSPS) is 24.4. The minimum absolute atomic E-state index is 0.0922. The van der Waals surface area contributed by atoms with Gasteiger partial charge in [0, 0.05) is 12.7 Å². The highest BCUT2D eigenvalue weighted by molar-refractivity contribution is 7.89. The monoisotopic (exact) mass is 422 g/mol. The van der Waals surface area contributed by atoms with Crippen LogP contribution in [0.15, 0.2) is 12.3 Å². The Bertz CT molecular complexity index is 1040. The molecular formula is C18H27BN4O5S. The lowest BCUT2D eigenvalue weighted by Crippen LogP contribution is -2.46. The number of fused-ring (bicyclic) bond motifs is 1. The van der Waals surface area contributed by atoms with Crippen LogP contribution in [0.4, 0.5) is 5.82 Å². The van der Waals surface area contributed by atoms with E-state index in [0.717, 1.165) is 6.26 Å². The van der Waals surface area contributed by atoms with Gasteiger partial charge in [-0.1, -0.05) is 0 Å². The number of ether oxygens (including phenoxy) is 1. The van der Waals surface area contributed by atoms with Crippen molar-refractivity contribution in [1.29, 1.82) is 0 Å². The Hall–Kier alpha value is -1.69. The molecule has 0 aliphatic carbocycles. The average Bonchev–Trinajstić information content (AvgIpc) is 3.13. The topological polar surface area (TPSA) is 95.8 Å². The standard InChI is InChI=1S/C18H27BN4O5S/c1-12-11-26-10-9-22(12)14-13-7-8-23(29(6,24)25)15(13)21-16(20-14)19-27-17(2,3)18(4,5)28-19/h7-8,12H,9-11H2,1-6H3/t12-/m1/s1. The quantitative estimate of drug-likeness (QED) is 0.670. The molecule has 9 nitrogen and oxygen atoms in total. The fraction of sp³-hybridized carbons (Fsp3) is 0.667. The molecule has 0 amide bonds. The fourth-order valence-corrected chi connectivity index (χ4v) is 4.31. The van der Waals surface area contributed by atoms with Crippen molar-refractivity contribution in [3.05, 3.63) is 12.3 Å². The van der Waals surface area contributed by atoms with E-state index in [1.54, 1.807) is 6.07 Å². The molecule has 2 aromatic rings. The van der Waals surface area contributed by atoms with Crippen LogP contribution >= 0.6 is 0 Å². The fourth-order valence-electron chi connectivity index (χ4n) is 3.57. The van der Waals surface area contributed by atoms with Crippen molar-refractivity contribution in [1.82, 2.24) is 13.9 Å². The molecular weight excluding hydrogens is 395 g/mol. The Morgan fingerprint density at radius 1 is 1.17 bits per heavy atom. The zero-order valence-corrected chi connectivity index (χ0v) is 18.5. The first-order valence-electron chi connectivity index (χ1n) is 9.70. The number of rotatable bonds is 3. The van der Waals surface area contributed by atoms with E-state index in [1.165, 1.54) is 10.2 Å². The molecule has 0 saturated carbocycles. The predicted octanol–water partition coefficient (Wildman–Crippen LogP) is 0.763. The molecule has 1 atom stereocenters. The zero-order valence-electron chi connectivity index (χ0n) is 17.7. The van der Waals surface area contributed by atoms with Crippen molar-refractivity contribution in [3.63, 3.8) is 0 Å². The van der Waals surface area contributed by atoms with Gasteiger partial charge in [-0.15, -0.1) is 0 Å². The second-order valence-electron chi connectivity index (χ2n) is 8.72. The molecule has 2 saturated heterocycles. The third kappa shape index (κ3) is 3.43. The average molecular weight is 422 g/mol. The number of anilines is 1. The lowest BCUT2D eigenvalue weighted by atomic mass is 9.89. The number of hydrogen-bond donors (Lipinski definition) is 0. The van der Waals surface area contributed by atoms with Crippen LogP contribution in [0.25, 0.3) is 11.0 Å². The van der Waals surface area contributed by atoms with Crippen molar-refractivity contribution >= 4 is 39.7 Å². The Labute approximate surface area is 171 Å². The van der Waals surface area contributed by atoms with Crippen molar-refractivity contribution in [3.8, 4) is 0 Å². The summed E-state index contributed by atoms with van der Waals surface area (Å²) in [6.07, 6.45) is 2.66. The van der Waals surface area contributed by atoms with Gasteiger partial charge in [0.15, 0.2) is 11.4 Å². The molecule has 0 bridgehead atoms. The number of aromatic nitrogens is 3. The molecule has 2 aliphatic rings. The van der Waals surface area contributed by atoms with Crippen molar-refractivity contribution in [2.24, 2.45) is 0 Å². The summed E-state index contributed by atoms with van der Waals surface area (Å²) < 4.78 is 43.6. The maximum absolute atomic E-state index is 12.3. The number of nitrogens with zero attached hydrogens (tertiary/aromatic N) is 4. The van der Waals surface area contributed by atoms with E-state index in [4.69, 9.17) is 19.0 Å². The van der Waals surface area contributed by atoms with E-state index < -0.39 is 28.3 Å². The summed E-state index contributed by atoms with van der Waals surface area (Å²) in [5.41, 5.74) is -0.475. The third-order valence-corrected chi connectivity index (χ3v) is 6.98. The lowest BCUT2D eigenvalue weighted by molar-refractivity contribution is 0.00578. The van der Waals surface area contributed by atoms with Crippen LogP contribution in [0.3, 0.4) is 0 Å². The summed E-state index contributed by atoms with van der Waals surface area (Å²) >= 11 is 0. The summed E-state index contributed by atoms with van der Waals surface area (Å²) in [6, 6.07) is 1.83. The summed E-state index contributed by atoms with van der Waals surface area (Å²) in [5, 5.41) is 0.671. The van der Waals surface area contributed by atoms with Gasteiger partial charge in [0.25, 0.3) is 0 Å². The molecule has 158 valence electrons. The van der Waals surface area contributed by atoms with Gasteiger partial charge in [-0.3, -0.25) is 0 Å². The zero-order chi connectivity index (χ0) is 21.2. The highest BCUT2D eigenvalue weighted by Gasteiger charge is 2.53. The summed E-state index contributed by atoms with van der Waals surface area (Å²) in [7, 11) is -4.32. The van der Waals surface area contributed by atoms with Gasteiger partial charge in [-0.2, -0.15) is 0 Å². The van der Waals surface area contributed by atoms with Crippen molar-refractivity contribution in [2.75, 3.05) is 30.9 Å². The third-order valence-electron chi connectivity index (χ3n) is 5.97. The maximum atomic E-state index is 12.3. The Kier molecular flexibility index (Phi) is 4.73. The largest absolute Gasteiger partial charge is 0.534 e. The molecule has 4 heterocycles. The molecule has 0 N–H and O–H groups in total. The van der Waals surface area contributed by atoms with Gasteiger partial charge in [0.2, 0.25) is 10.0 Å². The molecule has 0 radical (unpaired) electrons. The van der Waals surface area contributed by atoms with Crippen molar-refractivity contribution in [2.45, 2.75) is 51.9 Å². The van der Waals surface area contributed by atoms with Gasteiger partial charge in [0.05, 0.1) is 42.1 Å². The molecule has 4 rings (SSSR count). The van der Waals surface area contributed by atoms with Gasteiger partial charge >= 0.3 is 7.12 Å². The molecule has 11 heteroatoms. The molecule has 29 heavy (non-hydrogen) atoms. The molecule has 2 fully saturated rings. The first-order valence-corrected chi connectivity index (χ1v) is 11.6. The van der Waals surface area contributed by atoms with Crippen LogP contribution in [0.2, 0.25) is 0 Å². The van der Waals surface area contributed by atoms with Crippen LogP contribution < -0.4 is 10.6 Å². The number of morpholine rings is 1. The molecule has 2 aromatic heterocycles. The van der Waals surface area contributed by atoms with E-state index in [-0.39, 0.29) is 6.04 Å². The first kappa shape index (κ1) is 20.6. The highest BCUT2D eigenvalue weighted by Crippen LogP contribution is 2.36. The summed E-state index contributed by atoms with van der Waals surface area (Å²) in [5.74, 6) is 0.665. The lowest BCUT2D eigenvalue weighted by Gasteiger charge is -2.34. The molecule has 0 aromatic carbocycles. The summed E-state index contributed by atoms with van der Waals surface area (Å²) in [4.78, 5) is 11.5. The minimum Gasteiger partial charge on any atom is -0.397 e. The van der Waals surface area contributed by atoms with E-state index in [1.807, 2.05) is 27.7 Å². The van der Waals surface area contributed by atoms with E-state index >= 15 is 0 Å². The van der Waals surface area contributed by atoms with E-state index in [0.29, 0.717) is 42.3 Å². The van der Waals surface area contributed by atoms with Crippen molar-refractivity contribution < 1.29 is 22.5 Å². The minimum atomic E-state index is -3.53. The van der Waals surface area contributed by atoms with Gasteiger partial charge in [-0.25, -0.2) is 22.4 Å². The predicted molar refractivity (Wildman–Crippen MR) is 111 cm³/mol. The Balaban J connectivity index is 1.90. The first-order chi connectivity index (χ1) is 13.4. The van der Waals surface area contributed by atoms with E-state index in [9.17, 15) is 8.42 Å². The van der Waals surface area contributed by atoms with Gasteiger partial charge in [-0.05, 0) is 40.7 Å². The SMILES string of the molecule is C[C@@H]1COCCN1c1nc(B2OC(C)(C)C(C)(C)O2)nc2c1ccn2S(C)(=O)=O. The maximum Gasteiger partial charge on any atom is 0.534 e. The molecule has 0 spiro atoms. The summed E-state index contributed by atoms with van der Waals surface area (Å²) in [6.45, 7) is 11.7. The Morgan fingerprint density at radius 2 is 1.83 bits per heavy atom. The van der Waals surface area contributed by atoms with Crippen LogP contribution in [0, 0.1) is 0 Å². The smallest absolute Gasteiger partial charge is 0.397 e.